The van der Waals surface area contributed by atoms with Crippen molar-refractivity contribution in [2.24, 2.45) is 5.41 Å². The Balaban J connectivity index is 2.78. The molecule has 0 heterocycles. The van der Waals surface area contributed by atoms with Crippen molar-refractivity contribution in [2.75, 3.05) is 0 Å². The first-order valence-electron chi connectivity index (χ1n) is 5.38. The molecule has 1 amide bonds. The molecule has 88 valence electrons. The van der Waals surface area contributed by atoms with Crippen LogP contribution < -0.4 is 5.32 Å². The fraction of sp³-hybridized carbons (Fsp3) is 0.462. The lowest BCUT2D eigenvalue weighted by atomic mass is 9.94. The van der Waals surface area contributed by atoms with E-state index >= 15 is 0 Å². The number of halogens is 1. The fourth-order valence-corrected chi connectivity index (χ4v) is 1.32. The quantitative estimate of drug-likeness (QED) is 0.820. The molecule has 0 bridgehead atoms. The third-order valence-corrected chi connectivity index (χ3v) is 2.40. The van der Waals surface area contributed by atoms with E-state index in [9.17, 15) is 9.18 Å². The Kier molecular flexibility index (Phi) is 3.68. The van der Waals surface area contributed by atoms with E-state index in [1.165, 1.54) is 6.07 Å². The molecule has 1 atom stereocenters. The summed E-state index contributed by atoms with van der Waals surface area (Å²) in [7, 11) is 0. The number of nitrogens with one attached hydrogen (secondary N) is 1. The molecule has 0 aromatic heterocycles. The van der Waals surface area contributed by atoms with Crippen LogP contribution in [0.1, 0.15) is 39.3 Å². The van der Waals surface area contributed by atoms with Crippen molar-refractivity contribution in [3.8, 4) is 0 Å². The second kappa shape index (κ2) is 4.64. The molecule has 0 aliphatic carbocycles. The molecule has 0 fully saturated rings. The number of benzene rings is 1. The lowest BCUT2D eigenvalue weighted by Gasteiger charge is -2.22. The van der Waals surface area contributed by atoms with Crippen molar-refractivity contribution in [3.63, 3.8) is 0 Å². The Hall–Kier alpha value is -1.38. The zero-order valence-corrected chi connectivity index (χ0v) is 10.2. The van der Waals surface area contributed by atoms with Gasteiger partial charge in [-0.15, -0.1) is 0 Å². The number of rotatable bonds is 2. The summed E-state index contributed by atoms with van der Waals surface area (Å²) in [5, 5.41) is 2.80. The summed E-state index contributed by atoms with van der Waals surface area (Å²) in [6.45, 7) is 7.27. The largest absolute Gasteiger partial charge is 0.349 e. The molecule has 0 spiro atoms. The van der Waals surface area contributed by atoms with Gasteiger partial charge in [0, 0.05) is 11.0 Å². The highest BCUT2D eigenvalue weighted by atomic mass is 19.1. The number of hydrogen-bond donors (Lipinski definition) is 1. The van der Waals surface area contributed by atoms with Gasteiger partial charge < -0.3 is 5.32 Å². The van der Waals surface area contributed by atoms with Gasteiger partial charge in [-0.1, -0.05) is 39.0 Å². The summed E-state index contributed by atoms with van der Waals surface area (Å²) in [6.07, 6.45) is 0. The summed E-state index contributed by atoms with van der Waals surface area (Å²) in [4.78, 5) is 11.7. The highest BCUT2D eigenvalue weighted by Gasteiger charge is 2.23. The second-order valence-electron chi connectivity index (χ2n) is 4.97. The Morgan fingerprint density at radius 1 is 1.31 bits per heavy atom. The fourth-order valence-electron chi connectivity index (χ4n) is 1.32. The van der Waals surface area contributed by atoms with E-state index in [2.05, 4.69) is 5.32 Å². The van der Waals surface area contributed by atoms with Crippen LogP contribution in [0.15, 0.2) is 24.3 Å². The van der Waals surface area contributed by atoms with Crippen molar-refractivity contribution >= 4 is 5.91 Å². The van der Waals surface area contributed by atoms with Crippen LogP contribution in [0.3, 0.4) is 0 Å². The van der Waals surface area contributed by atoms with Crippen molar-refractivity contribution in [1.82, 2.24) is 5.32 Å². The summed E-state index contributed by atoms with van der Waals surface area (Å²) in [5.74, 6) is -0.368. The van der Waals surface area contributed by atoms with Gasteiger partial charge in [0.2, 0.25) is 5.91 Å². The monoisotopic (exact) mass is 223 g/mol. The first-order valence-corrected chi connectivity index (χ1v) is 5.38. The highest BCUT2D eigenvalue weighted by molar-refractivity contribution is 5.81. The van der Waals surface area contributed by atoms with E-state index < -0.39 is 5.41 Å². The maximum Gasteiger partial charge on any atom is 0.225 e. The summed E-state index contributed by atoms with van der Waals surface area (Å²) in [6, 6.07) is 6.17. The van der Waals surface area contributed by atoms with Crippen LogP contribution in [0, 0.1) is 11.2 Å². The summed E-state index contributed by atoms with van der Waals surface area (Å²) in [5.41, 5.74) is 0.0552. The Morgan fingerprint density at radius 2 is 1.88 bits per heavy atom. The lowest BCUT2D eigenvalue weighted by molar-refractivity contribution is -0.129. The molecule has 0 saturated heterocycles. The van der Waals surface area contributed by atoms with Crippen LogP contribution in [0.25, 0.3) is 0 Å². The molecule has 0 aliphatic rings. The van der Waals surface area contributed by atoms with Gasteiger partial charge in [-0.05, 0) is 13.0 Å². The average Bonchev–Trinajstić information content (AvgIpc) is 2.16. The minimum absolute atomic E-state index is 0.0803. The van der Waals surface area contributed by atoms with Crippen molar-refractivity contribution in [2.45, 2.75) is 33.7 Å². The van der Waals surface area contributed by atoms with E-state index in [4.69, 9.17) is 0 Å². The zero-order valence-electron chi connectivity index (χ0n) is 10.2. The Labute approximate surface area is 95.9 Å². The third kappa shape index (κ3) is 3.05. The molecule has 0 aliphatic heterocycles. The average molecular weight is 223 g/mol. The van der Waals surface area contributed by atoms with Gasteiger partial charge in [0.15, 0.2) is 0 Å². The highest BCUT2D eigenvalue weighted by Crippen LogP contribution is 2.19. The SMILES string of the molecule is CC(NC(=O)C(C)(C)C)c1ccccc1F. The predicted molar refractivity (Wildman–Crippen MR) is 62.4 cm³/mol. The van der Waals surface area contributed by atoms with Gasteiger partial charge in [0.25, 0.3) is 0 Å². The summed E-state index contributed by atoms with van der Waals surface area (Å²) >= 11 is 0. The van der Waals surface area contributed by atoms with Gasteiger partial charge in [0.1, 0.15) is 5.82 Å². The first-order chi connectivity index (χ1) is 7.32. The van der Waals surface area contributed by atoms with Crippen LogP contribution in [-0.4, -0.2) is 5.91 Å². The van der Waals surface area contributed by atoms with E-state index in [0.29, 0.717) is 5.56 Å². The molecule has 16 heavy (non-hydrogen) atoms. The number of carbonyl (C=O) groups excluding carboxylic acids is 1. The van der Waals surface area contributed by atoms with E-state index in [0.717, 1.165) is 0 Å². The van der Waals surface area contributed by atoms with Crippen molar-refractivity contribution in [1.29, 1.82) is 0 Å². The molecular weight excluding hydrogens is 205 g/mol. The standard InChI is InChI=1S/C13H18FNO/c1-9(15-12(16)13(2,3)4)10-7-5-6-8-11(10)14/h5-9H,1-4H3,(H,15,16). The molecule has 1 rings (SSSR count). The van der Waals surface area contributed by atoms with Crippen LogP contribution in [0.4, 0.5) is 4.39 Å². The molecule has 0 radical (unpaired) electrons. The zero-order chi connectivity index (χ0) is 12.3. The summed E-state index contributed by atoms with van der Waals surface area (Å²) < 4.78 is 13.4. The van der Waals surface area contributed by atoms with E-state index in [-0.39, 0.29) is 17.8 Å². The number of hydrogen-bond acceptors (Lipinski definition) is 1. The normalized spacial score (nSPS) is 13.3. The molecule has 2 nitrogen and oxygen atoms in total. The van der Waals surface area contributed by atoms with Crippen LogP contribution in [0.2, 0.25) is 0 Å². The van der Waals surface area contributed by atoms with Crippen molar-refractivity contribution in [3.05, 3.63) is 35.6 Å². The molecule has 1 N–H and O–H groups in total. The van der Waals surface area contributed by atoms with Crippen LogP contribution >= 0.6 is 0 Å². The van der Waals surface area contributed by atoms with Crippen LogP contribution in [0.5, 0.6) is 0 Å². The van der Waals surface area contributed by atoms with E-state index in [1.807, 2.05) is 20.8 Å². The minimum Gasteiger partial charge on any atom is -0.349 e. The van der Waals surface area contributed by atoms with Crippen molar-refractivity contribution < 1.29 is 9.18 Å². The topological polar surface area (TPSA) is 29.1 Å². The van der Waals surface area contributed by atoms with E-state index in [1.54, 1.807) is 25.1 Å². The second-order valence-corrected chi connectivity index (χ2v) is 4.97. The predicted octanol–water partition coefficient (Wildman–Crippen LogP) is 3.05. The smallest absolute Gasteiger partial charge is 0.225 e. The van der Waals surface area contributed by atoms with Gasteiger partial charge in [-0.2, -0.15) is 0 Å². The minimum atomic E-state index is -0.459. The molecule has 1 aromatic rings. The van der Waals surface area contributed by atoms with Gasteiger partial charge >= 0.3 is 0 Å². The molecule has 1 unspecified atom stereocenters. The van der Waals surface area contributed by atoms with Gasteiger partial charge in [-0.25, -0.2) is 4.39 Å². The van der Waals surface area contributed by atoms with Crippen LogP contribution in [-0.2, 0) is 4.79 Å². The maximum absolute atomic E-state index is 13.4. The molecule has 3 heteroatoms. The number of amides is 1. The number of carbonyl (C=O) groups is 1. The molecule has 1 aromatic carbocycles. The first kappa shape index (κ1) is 12.7. The molecule has 0 saturated carbocycles. The Morgan fingerprint density at radius 3 is 2.38 bits per heavy atom. The molecular formula is C13H18FNO. The lowest BCUT2D eigenvalue weighted by Crippen LogP contribution is -2.36. The van der Waals surface area contributed by atoms with Gasteiger partial charge in [0.05, 0.1) is 6.04 Å². The maximum atomic E-state index is 13.4. The van der Waals surface area contributed by atoms with Gasteiger partial charge in [-0.3, -0.25) is 4.79 Å². The third-order valence-electron chi connectivity index (χ3n) is 2.40. The Bertz CT molecular complexity index is 382.